The van der Waals surface area contributed by atoms with Crippen LogP contribution in [0.25, 0.3) is 0 Å². The molecule has 0 aromatic heterocycles. The summed E-state index contributed by atoms with van der Waals surface area (Å²) in [5.74, 6) is 1.64. The Labute approximate surface area is 97.4 Å². The normalized spacial score (nSPS) is 13.7. The first-order valence-electron chi connectivity index (χ1n) is 5.24. The molecule has 0 radical (unpaired) electrons. The molecular formula is C11H22N2OS. The number of hydrogen-bond acceptors (Lipinski definition) is 3. The molecular weight excluding hydrogens is 208 g/mol. The second-order valence-corrected chi connectivity index (χ2v) is 4.31. The van der Waals surface area contributed by atoms with E-state index in [1.54, 1.807) is 32.1 Å². The Hall–Kier alpha value is -0.480. The van der Waals surface area contributed by atoms with E-state index < -0.39 is 0 Å². The summed E-state index contributed by atoms with van der Waals surface area (Å²) in [6, 6.07) is 0. The molecule has 0 bridgehead atoms. The Bertz CT molecular complexity index is 189. The molecule has 1 atom stereocenters. The first-order valence-corrected chi connectivity index (χ1v) is 6.22. The van der Waals surface area contributed by atoms with Gasteiger partial charge in [0, 0.05) is 26.5 Å². The number of methoxy groups -OCH3 is 1. The van der Waals surface area contributed by atoms with Crippen LogP contribution in [-0.2, 0) is 4.74 Å². The van der Waals surface area contributed by atoms with Crippen molar-refractivity contribution < 1.29 is 4.74 Å². The number of rotatable bonds is 7. The second kappa shape index (κ2) is 10.1. The highest BCUT2D eigenvalue weighted by atomic mass is 32.2. The van der Waals surface area contributed by atoms with Gasteiger partial charge >= 0.3 is 0 Å². The SMILES string of the molecule is C=CNC(=NC)SCC(CCC)COC. The molecule has 3 nitrogen and oxygen atoms in total. The molecule has 0 amide bonds. The quantitative estimate of drug-likeness (QED) is 0.539. The molecule has 15 heavy (non-hydrogen) atoms. The minimum atomic E-state index is 0.605. The van der Waals surface area contributed by atoms with E-state index in [2.05, 4.69) is 23.8 Å². The van der Waals surface area contributed by atoms with Crippen molar-refractivity contribution >= 4 is 16.9 Å². The van der Waals surface area contributed by atoms with Crippen LogP contribution in [0.1, 0.15) is 19.8 Å². The molecule has 0 heterocycles. The van der Waals surface area contributed by atoms with Crippen molar-refractivity contribution in [3.63, 3.8) is 0 Å². The van der Waals surface area contributed by atoms with E-state index in [1.165, 1.54) is 12.8 Å². The number of hydrogen-bond donors (Lipinski definition) is 1. The highest BCUT2D eigenvalue weighted by molar-refractivity contribution is 8.13. The third-order valence-electron chi connectivity index (χ3n) is 1.98. The van der Waals surface area contributed by atoms with E-state index in [4.69, 9.17) is 4.74 Å². The van der Waals surface area contributed by atoms with Crippen molar-refractivity contribution in [2.75, 3.05) is 26.5 Å². The number of ether oxygens (including phenoxy) is 1. The Morgan fingerprint density at radius 2 is 2.40 bits per heavy atom. The van der Waals surface area contributed by atoms with Gasteiger partial charge < -0.3 is 10.1 Å². The molecule has 88 valence electrons. The fourth-order valence-corrected chi connectivity index (χ4v) is 2.27. The smallest absolute Gasteiger partial charge is 0.160 e. The first kappa shape index (κ1) is 14.5. The van der Waals surface area contributed by atoms with E-state index in [0.717, 1.165) is 17.5 Å². The summed E-state index contributed by atoms with van der Waals surface area (Å²) in [5.41, 5.74) is 0. The monoisotopic (exact) mass is 230 g/mol. The van der Waals surface area contributed by atoms with Crippen LogP contribution in [0.4, 0.5) is 0 Å². The Balaban J connectivity index is 3.89. The molecule has 0 aliphatic carbocycles. The second-order valence-electron chi connectivity index (χ2n) is 3.30. The lowest BCUT2D eigenvalue weighted by atomic mass is 10.1. The maximum absolute atomic E-state index is 5.19. The first-order chi connectivity index (χ1) is 7.28. The minimum Gasteiger partial charge on any atom is -0.384 e. The predicted molar refractivity (Wildman–Crippen MR) is 69.4 cm³/mol. The van der Waals surface area contributed by atoms with Crippen LogP contribution in [0, 0.1) is 5.92 Å². The minimum absolute atomic E-state index is 0.605. The lowest BCUT2D eigenvalue weighted by Crippen LogP contribution is -2.17. The van der Waals surface area contributed by atoms with Gasteiger partial charge in [-0.25, -0.2) is 0 Å². The van der Waals surface area contributed by atoms with Gasteiger partial charge in [0.15, 0.2) is 5.17 Å². The van der Waals surface area contributed by atoms with Gasteiger partial charge in [0.2, 0.25) is 0 Å². The molecule has 0 fully saturated rings. The van der Waals surface area contributed by atoms with Crippen LogP contribution in [0.3, 0.4) is 0 Å². The molecule has 0 aliphatic heterocycles. The van der Waals surface area contributed by atoms with E-state index in [9.17, 15) is 0 Å². The van der Waals surface area contributed by atoms with Crippen molar-refractivity contribution in [2.24, 2.45) is 10.9 Å². The highest BCUT2D eigenvalue weighted by Gasteiger charge is 2.09. The molecule has 0 spiro atoms. The van der Waals surface area contributed by atoms with Crippen molar-refractivity contribution in [1.82, 2.24) is 5.32 Å². The number of thioether (sulfide) groups is 1. The van der Waals surface area contributed by atoms with Crippen LogP contribution >= 0.6 is 11.8 Å². The maximum Gasteiger partial charge on any atom is 0.160 e. The lowest BCUT2D eigenvalue weighted by Gasteiger charge is -2.14. The van der Waals surface area contributed by atoms with Gasteiger partial charge in [-0.3, -0.25) is 4.99 Å². The summed E-state index contributed by atoms with van der Waals surface area (Å²) in [7, 11) is 3.54. The molecule has 0 saturated carbocycles. The van der Waals surface area contributed by atoms with Crippen molar-refractivity contribution in [3.05, 3.63) is 12.8 Å². The summed E-state index contributed by atoms with van der Waals surface area (Å²) < 4.78 is 5.19. The molecule has 0 aromatic carbocycles. The van der Waals surface area contributed by atoms with E-state index in [0.29, 0.717) is 5.92 Å². The zero-order chi connectivity index (χ0) is 11.5. The summed E-state index contributed by atoms with van der Waals surface area (Å²) in [4.78, 5) is 4.13. The van der Waals surface area contributed by atoms with Crippen molar-refractivity contribution in [2.45, 2.75) is 19.8 Å². The van der Waals surface area contributed by atoms with E-state index in [1.807, 2.05) is 0 Å². The van der Waals surface area contributed by atoms with Gasteiger partial charge in [0.05, 0.1) is 0 Å². The zero-order valence-corrected chi connectivity index (χ0v) is 10.8. The van der Waals surface area contributed by atoms with Crippen LogP contribution in [0.2, 0.25) is 0 Å². The standard InChI is InChI=1S/C11H22N2OS/c1-5-7-10(8-14-4)9-15-11(12-3)13-6-2/h6,10H,2,5,7-9H2,1,3-4H3,(H,12,13). The molecule has 0 aromatic rings. The molecule has 1 unspecified atom stereocenters. The summed E-state index contributed by atoms with van der Waals surface area (Å²) >= 11 is 1.72. The molecule has 1 N–H and O–H groups in total. The highest BCUT2D eigenvalue weighted by Crippen LogP contribution is 2.15. The average molecular weight is 230 g/mol. The van der Waals surface area contributed by atoms with E-state index in [-0.39, 0.29) is 0 Å². The van der Waals surface area contributed by atoms with Crippen LogP contribution in [-0.4, -0.2) is 31.7 Å². The fraction of sp³-hybridized carbons (Fsp3) is 0.727. The third-order valence-corrected chi connectivity index (χ3v) is 3.20. The number of nitrogens with zero attached hydrogens (tertiary/aromatic N) is 1. The molecule has 4 heteroatoms. The van der Waals surface area contributed by atoms with Gasteiger partial charge in [-0.05, 0) is 18.5 Å². The van der Waals surface area contributed by atoms with Gasteiger partial charge in [-0.15, -0.1) is 0 Å². The molecule has 0 rings (SSSR count). The number of aliphatic imine (C=N–C) groups is 1. The summed E-state index contributed by atoms with van der Waals surface area (Å²) in [5, 5.41) is 3.93. The van der Waals surface area contributed by atoms with Gasteiger partial charge in [0.25, 0.3) is 0 Å². The predicted octanol–water partition coefficient (Wildman–Crippen LogP) is 2.50. The largest absolute Gasteiger partial charge is 0.384 e. The van der Waals surface area contributed by atoms with Gasteiger partial charge in [-0.1, -0.05) is 31.7 Å². The zero-order valence-electron chi connectivity index (χ0n) is 9.95. The van der Waals surface area contributed by atoms with Crippen LogP contribution in [0.15, 0.2) is 17.8 Å². The number of amidine groups is 1. The van der Waals surface area contributed by atoms with Crippen LogP contribution in [0.5, 0.6) is 0 Å². The summed E-state index contributed by atoms with van der Waals surface area (Å²) in [6.45, 7) is 6.64. The van der Waals surface area contributed by atoms with Gasteiger partial charge in [-0.2, -0.15) is 0 Å². The van der Waals surface area contributed by atoms with Crippen molar-refractivity contribution in [1.29, 1.82) is 0 Å². The van der Waals surface area contributed by atoms with Gasteiger partial charge in [0.1, 0.15) is 0 Å². The third kappa shape index (κ3) is 7.45. The lowest BCUT2D eigenvalue weighted by molar-refractivity contribution is 0.157. The van der Waals surface area contributed by atoms with E-state index >= 15 is 0 Å². The maximum atomic E-state index is 5.19. The molecule has 0 saturated heterocycles. The Morgan fingerprint density at radius 3 is 2.87 bits per heavy atom. The summed E-state index contributed by atoms with van der Waals surface area (Å²) in [6.07, 6.45) is 4.05. The topological polar surface area (TPSA) is 33.6 Å². The fourth-order valence-electron chi connectivity index (χ4n) is 1.31. The number of nitrogens with one attached hydrogen (secondary N) is 1. The van der Waals surface area contributed by atoms with Crippen molar-refractivity contribution in [3.8, 4) is 0 Å². The Morgan fingerprint density at radius 1 is 1.67 bits per heavy atom. The molecule has 0 aliphatic rings. The van der Waals surface area contributed by atoms with Crippen LogP contribution < -0.4 is 5.32 Å². The Kier molecular flexibility index (Phi) is 9.73. The average Bonchev–Trinajstić information content (AvgIpc) is 2.24.